The Hall–Kier alpha value is -3.27. The van der Waals surface area contributed by atoms with E-state index in [1.54, 1.807) is 20.1 Å². The van der Waals surface area contributed by atoms with Crippen molar-refractivity contribution in [2.45, 2.75) is 90.4 Å². The number of ether oxygens (including phenoxy) is 1. The van der Waals surface area contributed by atoms with Crippen LogP contribution in [-0.4, -0.2) is 62.8 Å². The zero-order chi connectivity index (χ0) is 33.5. The third kappa shape index (κ3) is 4.48. The second-order valence-corrected chi connectivity index (χ2v) is 15.4. The van der Waals surface area contributed by atoms with E-state index in [-0.39, 0.29) is 30.1 Å². The van der Waals surface area contributed by atoms with Crippen molar-refractivity contribution in [1.82, 2.24) is 0 Å². The lowest BCUT2D eigenvalue weighted by atomic mass is 9.39. The van der Waals surface area contributed by atoms with Gasteiger partial charge >= 0.3 is 0 Å². The number of phenols is 1. The minimum absolute atomic E-state index is 0.0460. The number of phenolic OH excluding ortho intramolecular Hbond substituents is 1. The fraction of sp³-hybridized carbons (Fsp3) is 0.595. The number of fused-ring (bicyclic) bond motifs is 3. The zero-order valence-corrected chi connectivity index (χ0v) is 27.4. The van der Waals surface area contributed by atoms with Gasteiger partial charge < -0.3 is 30.9 Å². The zero-order valence-electron chi connectivity index (χ0n) is 27.4. The fourth-order valence-corrected chi connectivity index (χ4v) is 10.4. The number of amides is 1. The minimum Gasteiger partial charge on any atom is -0.507 e. The van der Waals surface area contributed by atoms with Gasteiger partial charge in [0.15, 0.2) is 17.2 Å². The predicted molar refractivity (Wildman–Crippen MR) is 171 cm³/mol. The van der Waals surface area contributed by atoms with Crippen LogP contribution in [0.5, 0.6) is 11.5 Å². The second kappa shape index (κ2) is 11.2. The first kappa shape index (κ1) is 32.7. The molecule has 0 saturated heterocycles. The van der Waals surface area contributed by atoms with Crippen LogP contribution in [0.2, 0.25) is 0 Å². The van der Waals surface area contributed by atoms with Crippen LogP contribution in [0, 0.1) is 40.4 Å². The van der Waals surface area contributed by atoms with E-state index in [9.17, 15) is 34.8 Å². The average molecular weight is 634 g/mol. The largest absolute Gasteiger partial charge is 0.507 e. The molecule has 9 nitrogen and oxygen atoms in total. The van der Waals surface area contributed by atoms with Gasteiger partial charge in [-0.2, -0.15) is 0 Å². The molecule has 6 N–H and O–H groups in total. The molecule has 0 aliphatic heterocycles. The molecular weight excluding hydrogens is 586 g/mol. The molecule has 4 aliphatic rings. The minimum atomic E-state index is -2.54. The lowest BCUT2D eigenvalue weighted by molar-refractivity contribution is -0.265. The van der Waals surface area contributed by atoms with Gasteiger partial charge in [0.1, 0.15) is 23.5 Å². The number of ketones is 2. The van der Waals surface area contributed by atoms with Gasteiger partial charge in [-0.3, -0.25) is 14.4 Å². The number of aliphatic hydroxyl groups is 3. The van der Waals surface area contributed by atoms with E-state index in [1.807, 2.05) is 26.8 Å². The van der Waals surface area contributed by atoms with Gasteiger partial charge in [0.25, 0.3) is 0 Å². The van der Waals surface area contributed by atoms with Gasteiger partial charge in [-0.1, -0.05) is 65.5 Å². The van der Waals surface area contributed by atoms with Crippen LogP contribution in [-0.2, 0) is 22.4 Å². The average Bonchev–Trinajstić information content (AvgIpc) is 3.48. The van der Waals surface area contributed by atoms with Crippen LogP contribution < -0.4 is 10.5 Å². The summed E-state index contributed by atoms with van der Waals surface area (Å²) in [5, 5.41) is 46.9. The summed E-state index contributed by atoms with van der Waals surface area (Å²) in [6.07, 6.45) is 2.78. The summed E-state index contributed by atoms with van der Waals surface area (Å²) in [7, 11) is 1.60. The number of rotatable bonds is 6. The van der Waals surface area contributed by atoms with Gasteiger partial charge in [0.2, 0.25) is 5.91 Å². The summed E-state index contributed by atoms with van der Waals surface area (Å²) in [5.41, 5.74) is 3.99. The molecule has 1 amide bonds. The molecule has 6 rings (SSSR count). The maximum atomic E-state index is 14.5. The maximum Gasteiger partial charge on any atom is 0.230 e. The van der Waals surface area contributed by atoms with Crippen molar-refractivity contribution in [1.29, 1.82) is 0 Å². The van der Waals surface area contributed by atoms with Gasteiger partial charge in [-0.15, -0.1) is 0 Å². The number of aromatic hydroxyl groups is 1. The van der Waals surface area contributed by atoms with Crippen molar-refractivity contribution in [2.24, 2.45) is 46.2 Å². The molecular formula is C37H47NO8. The fourth-order valence-electron chi connectivity index (χ4n) is 10.4. The molecule has 3 fully saturated rings. The summed E-state index contributed by atoms with van der Waals surface area (Å²) in [5.74, 6) is -5.85. The summed E-state index contributed by atoms with van der Waals surface area (Å²) in [6.45, 7) is 7.19. The standard InChI is InChI=1S/C37H47NO8/c1-18(2)28-31(41)27(34(38)44)32(42)37(45)33(43)29-30(40)26-23(16-35(29,3)17-36(28,37)4)21(11-12-24(26)39)22-15-20(10-13-25(22)46-5)14-19-8-6-7-9-19/h10-13,15,18-19,27-29,31,33,39,41,43,45H,6-9,14,16-17H2,1-5H3,(H2,38,44)/t27?,28-,29?,31?,33?,35+,36+,37-/m0/s1. The Morgan fingerprint density at radius 2 is 1.74 bits per heavy atom. The first-order valence-electron chi connectivity index (χ1n) is 16.6. The topological polar surface area (TPSA) is 167 Å². The first-order chi connectivity index (χ1) is 21.6. The van der Waals surface area contributed by atoms with E-state index in [0.717, 1.165) is 17.5 Å². The third-order valence-corrected chi connectivity index (χ3v) is 12.2. The molecule has 9 heteroatoms. The molecule has 0 heterocycles. The van der Waals surface area contributed by atoms with E-state index in [1.165, 1.54) is 37.3 Å². The molecule has 0 bridgehead atoms. The molecule has 2 aromatic rings. The van der Waals surface area contributed by atoms with Crippen LogP contribution in [0.25, 0.3) is 11.1 Å². The van der Waals surface area contributed by atoms with Gasteiger partial charge in [0, 0.05) is 11.0 Å². The number of hydrogen-bond acceptors (Lipinski definition) is 8. The maximum absolute atomic E-state index is 14.5. The van der Waals surface area contributed by atoms with E-state index in [2.05, 4.69) is 12.1 Å². The van der Waals surface area contributed by atoms with Crippen LogP contribution in [0.4, 0.5) is 0 Å². The van der Waals surface area contributed by atoms with Crippen molar-refractivity contribution >= 4 is 17.5 Å². The van der Waals surface area contributed by atoms with Crippen LogP contribution in [0.3, 0.4) is 0 Å². The lowest BCUT2D eigenvalue weighted by Gasteiger charge is -2.66. The highest BCUT2D eigenvalue weighted by Gasteiger charge is 2.76. The Morgan fingerprint density at radius 3 is 2.35 bits per heavy atom. The third-order valence-electron chi connectivity index (χ3n) is 12.2. The van der Waals surface area contributed by atoms with Gasteiger partial charge in [-0.25, -0.2) is 0 Å². The van der Waals surface area contributed by atoms with Crippen molar-refractivity contribution < 1.29 is 39.5 Å². The molecule has 0 spiro atoms. The number of nitrogens with two attached hydrogens (primary N) is 1. The van der Waals surface area contributed by atoms with Crippen LogP contribution in [0.1, 0.15) is 81.3 Å². The molecule has 0 aromatic heterocycles. The van der Waals surface area contributed by atoms with E-state index < -0.39 is 63.9 Å². The van der Waals surface area contributed by atoms with E-state index in [4.69, 9.17) is 10.5 Å². The van der Waals surface area contributed by atoms with Crippen molar-refractivity contribution in [2.75, 3.05) is 7.11 Å². The van der Waals surface area contributed by atoms with E-state index >= 15 is 0 Å². The Bertz CT molecular complexity index is 1600. The van der Waals surface area contributed by atoms with Crippen LogP contribution >= 0.6 is 0 Å². The molecule has 3 saturated carbocycles. The monoisotopic (exact) mass is 633 g/mol. The van der Waals surface area contributed by atoms with Gasteiger partial charge in [-0.05, 0) is 77.3 Å². The highest BCUT2D eigenvalue weighted by Crippen LogP contribution is 2.66. The van der Waals surface area contributed by atoms with Crippen LogP contribution in [0.15, 0.2) is 30.3 Å². The highest BCUT2D eigenvalue weighted by atomic mass is 16.5. The summed E-state index contributed by atoms with van der Waals surface area (Å²) >= 11 is 0. The number of hydrogen-bond donors (Lipinski definition) is 5. The molecule has 2 aromatic carbocycles. The predicted octanol–water partition coefficient (Wildman–Crippen LogP) is 3.98. The van der Waals surface area contributed by atoms with Crippen molar-refractivity contribution in [3.63, 3.8) is 0 Å². The number of carbonyl (C=O) groups is 3. The van der Waals surface area contributed by atoms with E-state index in [0.29, 0.717) is 17.2 Å². The Kier molecular flexibility index (Phi) is 7.93. The molecule has 248 valence electrons. The quantitative estimate of drug-likeness (QED) is 0.298. The molecule has 4 unspecified atom stereocenters. The Balaban J connectivity index is 1.51. The SMILES string of the molecule is COc1ccc(CC2CCCC2)cc1-c1ccc(O)c2c1C[C@]1(C)C[C@]3(C)[C@@H](C(C)C)C(O)C(C(N)=O)C(=O)[C@]3(O)C(O)C1C2=O. The number of aliphatic hydroxyl groups excluding tert-OH is 2. The Labute approximate surface area is 270 Å². The highest BCUT2D eigenvalue weighted by molar-refractivity contribution is 6.09. The number of benzene rings is 2. The lowest BCUT2D eigenvalue weighted by Crippen LogP contribution is -2.79. The summed E-state index contributed by atoms with van der Waals surface area (Å²) in [6, 6.07) is 9.38. The molecule has 0 radical (unpaired) electrons. The number of primary amides is 1. The van der Waals surface area contributed by atoms with Gasteiger partial charge in [0.05, 0.1) is 24.7 Å². The first-order valence-corrected chi connectivity index (χ1v) is 16.6. The van der Waals surface area contributed by atoms with Crippen molar-refractivity contribution in [3.05, 3.63) is 47.0 Å². The second-order valence-electron chi connectivity index (χ2n) is 15.4. The molecule has 46 heavy (non-hydrogen) atoms. The number of Topliss-reactive ketones (excluding diaryl/α,β-unsaturated/α-hetero) is 2. The molecule has 4 aliphatic carbocycles. The summed E-state index contributed by atoms with van der Waals surface area (Å²) < 4.78 is 5.79. The van der Waals surface area contributed by atoms with Crippen molar-refractivity contribution in [3.8, 4) is 22.6 Å². The number of methoxy groups -OCH3 is 1. The summed E-state index contributed by atoms with van der Waals surface area (Å²) in [4.78, 5) is 40.9. The normalized spacial score (nSPS) is 35.9. The molecule has 8 atom stereocenters. The Morgan fingerprint density at radius 1 is 1.07 bits per heavy atom. The smallest absolute Gasteiger partial charge is 0.230 e. The number of carbonyl (C=O) groups excluding carboxylic acids is 3.